The van der Waals surface area contributed by atoms with Crippen LogP contribution in [0.15, 0.2) is 23.0 Å². The molecule has 0 aromatic heterocycles. The molecular weight excluding hydrogens is 494 g/mol. The third-order valence-corrected chi connectivity index (χ3v) is 7.49. The van der Waals surface area contributed by atoms with E-state index in [1.165, 1.54) is 0 Å². The number of fused-ring (bicyclic) bond motifs is 3. The van der Waals surface area contributed by atoms with Crippen LogP contribution in [0.2, 0.25) is 0 Å². The van der Waals surface area contributed by atoms with E-state index >= 15 is 0 Å². The molecule has 0 heterocycles. The van der Waals surface area contributed by atoms with Crippen LogP contribution in [0.4, 0.5) is 5.69 Å². The number of carbonyl (C=O) groups is 4. The summed E-state index contributed by atoms with van der Waals surface area (Å²) >= 11 is 0. The third-order valence-electron chi connectivity index (χ3n) is 7.49. The minimum absolute atomic E-state index is 0.00788. The second-order valence-electron chi connectivity index (χ2n) is 11.6. The highest BCUT2D eigenvalue weighted by Gasteiger charge is 2.64. The van der Waals surface area contributed by atoms with E-state index in [-0.39, 0.29) is 41.7 Å². The quantitative estimate of drug-likeness (QED) is 0.236. The molecule has 204 valence electrons. The summed E-state index contributed by atoms with van der Waals surface area (Å²) in [4.78, 5) is 53.2. The average Bonchev–Trinajstić information content (AvgIpc) is 2.79. The second kappa shape index (κ2) is 8.95. The van der Waals surface area contributed by atoms with Crippen molar-refractivity contribution in [3.8, 4) is 5.75 Å². The van der Waals surface area contributed by atoms with Gasteiger partial charge in [0.25, 0.3) is 5.91 Å². The van der Waals surface area contributed by atoms with Gasteiger partial charge >= 0.3 is 0 Å². The molecule has 7 N–H and O–H groups in total. The van der Waals surface area contributed by atoms with Crippen molar-refractivity contribution in [2.24, 2.45) is 23.0 Å². The number of nitrogens with one attached hydrogen (secondary N) is 1. The van der Waals surface area contributed by atoms with Gasteiger partial charge in [-0.15, -0.1) is 0 Å². The van der Waals surface area contributed by atoms with E-state index < -0.39 is 57.8 Å². The van der Waals surface area contributed by atoms with E-state index in [4.69, 9.17) is 5.73 Å². The molecule has 11 nitrogen and oxygen atoms in total. The van der Waals surface area contributed by atoms with Crippen molar-refractivity contribution < 1.29 is 39.6 Å². The van der Waals surface area contributed by atoms with Gasteiger partial charge in [0.2, 0.25) is 23.0 Å². The van der Waals surface area contributed by atoms with Crippen molar-refractivity contribution in [2.75, 3.05) is 25.5 Å². The number of hydrogen-bond acceptors (Lipinski definition) is 10. The Morgan fingerprint density at radius 2 is 1.76 bits per heavy atom. The predicted octanol–water partition coefficient (Wildman–Crippen LogP) is 0.805. The first-order valence-corrected chi connectivity index (χ1v) is 12.3. The summed E-state index contributed by atoms with van der Waals surface area (Å²) < 4.78 is 0. The van der Waals surface area contributed by atoms with Crippen LogP contribution >= 0.6 is 0 Å². The number of aliphatic hydroxyl groups is 3. The van der Waals surface area contributed by atoms with Gasteiger partial charge in [-0.25, -0.2) is 0 Å². The Labute approximate surface area is 219 Å². The number of carbonyl (C=O) groups excluding carboxylic acids is 4. The zero-order valence-electron chi connectivity index (χ0n) is 22.0. The number of aliphatic hydroxyl groups excluding tert-OH is 2. The SMILES string of the molecule is CN(C)c1cc(CNCC(C)(C)C)c(O)c2c1C[C@H]1C[C@H]3C(=O)C(O)=C(C(N)=O)C(=O)[C@@]3(O)C(=O)C1=C2O. The summed E-state index contributed by atoms with van der Waals surface area (Å²) in [5.41, 5.74) is 2.32. The lowest BCUT2D eigenvalue weighted by molar-refractivity contribution is -0.163. The first-order valence-electron chi connectivity index (χ1n) is 12.3. The lowest BCUT2D eigenvalue weighted by atomic mass is 9.58. The number of anilines is 1. The number of amides is 1. The Morgan fingerprint density at radius 1 is 1.13 bits per heavy atom. The summed E-state index contributed by atoms with van der Waals surface area (Å²) in [5, 5.41) is 47.4. The number of nitrogens with two attached hydrogens (primary N) is 1. The zero-order valence-corrected chi connectivity index (χ0v) is 22.0. The van der Waals surface area contributed by atoms with Crippen molar-refractivity contribution in [2.45, 2.75) is 45.8 Å². The molecule has 0 unspecified atom stereocenters. The molecule has 1 aromatic rings. The van der Waals surface area contributed by atoms with Crippen molar-refractivity contribution >= 4 is 34.7 Å². The molecule has 11 heteroatoms. The van der Waals surface area contributed by atoms with Gasteiger partial charge in [-0.3, -0.25) is 19.2 Å². The van der Waals surface area contributed by atoms with Gasteiger partial charge in [0.1, 0.15) is 17.1 Å². The number of benzene rings is 1. The molecule has 4 rings (SSSR count). The van der Waals surface area contributed by atoms with Crippen LogP contribution in [0.25, 0.3) is 5.76 Å². The number of primary amides is 1. The minimum atomic E-state index is -3.02. The Kier molecular flexibility index (Phi) is 6.44. The van der Waals surface area contributed by atoms with Gasteiger partial charge in [0.05, 0.1) is 11.5 Å². The van der Waals surface area contributed by atoms with Crippen molar-refractivity contribution in [1.82, 2.24) is 5.32 Å². The highest BCUT2D eigenvalue weighted by molar-refractivity contribution is 6.37. The standard InChI is InChI=1S/C27H33N3O8/c1-26(2,3)10-29-9-12-8-15(30(4)5)13-6-11-7-14-20(32)22(34)18(25(28)37)24(36)27(14,38)23(35)16(11)21(33)17(13)19(12)31/h8,11,14,29,31,33-34,38H,6-7,9-10H2,1-5H3,(H2,28,37)/t11-,14-,27-/m0/s1. The summed E-state index contributed by atoms with van der Waals surface area (Å²) in [5.74, 6) is -9.85. The first-order chi connectivity index (χ1) is 17.5. The number of Topliss-reactive ketones (excluding diaryl/α,β-unsaturated/α-hetero) is 3. The fourth-order valence-electron chi connectivity index (χ4n) is 5.68. The second-order valence-corrected chi connectivity index (χ2v) is 11.6. The van der Waals surface area contributed by atoms with Crippen LogP contribution < -0.4 is 16.0 Å². The topological polar surface area (TPSA) is 190 Å². The molecule has 1 amide bonds. The molecule has 0 bridgehead atoms. The fourth-order valence-corrected chi connectivity index (χ4v) is 5.68. The number of rotatable bonds is 5. The minimum Gasteiger partial charge on any atom is -0.507 e. The largest absolute Gasteiger partial charge is 0.507 e. The van der Waals surface area contributed by atoms with Crippen LogP contribution in [0.1, 0.15) is 43.9 Å². The van der Waals surface area contributed by atoms with Gasteiger partial charge in [-0.05, 0) is 35.8 Å². The van der Waals surface area contributed by atoms with E-state index in [1.807, 2.05) is 0 Å². The molecule has 0 spiro atoms. The Morgan fingerprint density at radius 3 is 2.32 bits per heavy atom. The van der Waals surface area contributed by atoms with Crippen molar-refractivity contribution in [1.29, 1.82) is 0 Å². The third kappa shape index (κ3) is 3.97. The van der Waals surface area contributed by atoms with E-state index in [0.717, 1.165) is 0 Å². The molecule has 1 aromatic carbocycles. The Balaban J connectivity index is 1.88. The normalized spacial score (nSPS) is 25.3. The van der Waals surface area contributed by atoms with E-state index in [9.17, 15) is 39.6 Å². The molecule has 0 radical (unpaired) electrons. The van der Waals surface area contributed by atoms with E-state index in [2.05, 4.69) is 26.1 Å². The van der Waals surface area contributed by atoms with Gasteiger partial charge in [-0.1, -0.05) is 20.8 Å². The molecule has 3 aliphatic rings. The van der Waals surface area contributed by atoms with Crippen LogP contribution in [0.5, 0.6) is 5.75 Å². The molecular formula is C27H33N3O8. The summed E-state index contributed by atoms with van der Waals surface area (Å²) in [7, 11) is 3.58. The number of nitrogens with zero attached hydrogens (tertiary/aromatic N) is 1. The number of phenolic OH excluding ortho intramolecular Hbond substituents is 1. The van der Waals surface area contributed by atoms with Crippen LogP contribution in [-0.2, 0) is 32.1 Å². The summed E-state index contributed by atoms with van der Waals surface area (Å²) in [6.45, 7) is 7.06. The van der Waals surface area contributed by atoms with Crippen LogP contribution in [0, 0.1) is 17.3 Å². The van der Waals surface area contributed by atoms with Gasteiger partial charge in [0.15, 0.2) is 5.76 Å². The maximum Gasteiger partial charge on any atom is 0.256 e. The molecule has 38 heavy (non-hydrogen) atoms. The molecule has 3 aliphatic carbocycles. The lowest BCUT2D eigenvalue weighted by Crippen LogP contribution is -2.64. The number of phenols is 1. The van der Waals surface area contributed by atoms with E-state index in [0.29, 0.717) is 23.4 Å². The molecule has 1 saturated carbocycles. The predicted molar refractivity (Wildman–Crippen MR) is 137 cm³/mol. The van der Waals surface area contributed by atoms with E-state index in [1.54, 1.807) is 25.1 Å². The maximum absolute atomic E-state index is 13.7. The monoisotopic (exact) mass is 527 g/mol. The first kappa shape index (κ1) is 27.3. The molecule has 0 aliphatic heterocycles. The van der Waals surface area contributed by atoms with Gasteiger partial charge < -0.3 is 36.4 Å². The Hall–Kier alpha value is -3.70. The maximum atomic E-state index is 13.7. The number of aromatic hydroxyl groups is 1. The van der Waals surface area contributed by atoms with Crippen LogP contribution in [-0.4, -0.2) is 69.9 Å². The lowest BCUT2D eigenvalue weighted by Gasteiger charge is -2.45. The smallest absolute Gasteiger partial charge is 0.256 e. The Bertz CT molecular complexity index is 1350. The zero-order chi connectivity index (χ0) is 28.5. The highest BCUT2D eigenvalue weighted by atomic mass is 16.3. The summed E-state index contributed by atoms with van der Waals surface area (Å²) in [6.07, 6.45) is -0.150. The summed E-state index contributed by atoms with van der Waals surface area (Å²) in [6, 6.07) is 1.78. The average molecular weight is 528 g/mol. The number of allylic oxidation sites excluding steroid dienone is 1. The number of hydrogen-bond donors (Lipinski definition) is 6. The van der Waals surface area contributed by atoms with Crippen molar-refractivity contribution in [3.05, 3.63) is 39.7 Å². The fraction of sp³-hybridized carbons (Fsp3) is 0.481. The van der Waals surface area contributed by atoms with Gasteiger partial charge in [-0.2, -0.15) is 0 Å². The highest BCUT2D eigenvalue weighted by Crippen LogP contribution is 2.52. The van der Waals surface area contributed by atoms with Crippen LogP contribution in [0.3, 0.4) is 0 Å². The van der Waals surface area contributed by atoms with Gasteiger partial charge in [0, 0.05) is 44.0 Å². The molecule has 1 fully saturated rings. The molecule has 0 saturated heterocycles. The van der Waals surface area contributed by atoms with Crippen molar-refractivity contribution in [3.63, 3.8) is 0 Å². The molecule has 3 atom stereocenters. The number of ketones is 3.